The topological polar surface area (TPSA) is 28.2 Å². The third-order valence-corrected chi connectivity index (χ3v) is 7.01. The maximum Gasteiger partial charge on any atom is 0.0991 e. The van der Waals surface area contributed by atoms with Gasteiger partial charge in [0.05, 0.1) is 28.2 Å². The Kier molecular flexibility index (Phi) is 2.51. The van der Waals surface area contributed by atoms with Crippen LogP contribution in [0.25, 0.3) is 70.8 Å². The molecule has 3 aromatic heterocycles. The summed E-state index contributed by atoms with van der Waals surface area (Å²) in [6.07, 6.45) is 0. The van der Waals surface area contributed by atoms with E-state index in [1.165, 1.54) is 59.6 Å². The molecule has 0 fully saturated rings. The van der Waals surface area contributed by atoms with Crippen molar-refractivity contribution < 1.29 is 0 Å². The molecule has 0 N–H and O–H groups in total. The average Bonchev–Trinajstić information content (AvgIpc) is 3.46. The lowest BCUT2D eigenvalue weighted by Crippen LogP contribution is -1.81. The Bertz CT molecular complexity index is 2000. The molecule has 0 aliphatic carbocycles. The predicted octanol–water partition coefficient (Wildman–Crippen LogP) is 7.56. The van der Waals surface area contributed by atoms with Gasteiger partial charge in [-0.15, -0.1) is 0 Å². The third-order valence-electron chi connectivity index (χ3n) is 7.01. The molecular weight excluding hydrogens is 376 g/mol. The summed E-state index contributed by atoms with van der Waals surface area (Å²) < 4.78 is 2.49. The minimum Gasteiger partial charge on any atom is -0.307 e. The van der Waals surface area contributed by atoms with Gasteiger partial charge in [-0.3, -0.25) is 0 Å². The summed E-state index contributed by atoms with van der Waals surface area (Å²) in [6.45, 7) is 0. The smallest absolute Gasteiger partial charge is 0.0991 e. The first kappa shape index (κ1) is 15.5. The molecule has 0 radical (unpaired) electrons. The van der Waals surface area contributed by atoms with Crippen molar-refractivity contribution in [2.45, 2.75) is 0 Å². The standard InChI is InChI=1S/C29H14N2/c30-15-16-5-3-7-17(11-16)19-13-23-21-9-4-10-22-24-12-18-6-1-2-8-20(18)26-25(14-19)28(23)31(27(21)22)29(24)26/h1-14H. The number of aromatic nitrogens is 1. The van der Waals surface area contributed by atoms with Crippen LogP contribution in [-0.2, 0) is 0 Å². The van der Waals surface area contributed by atoms with Crippen LogP contribution in [0.3, 0.4) is 0 Å². The highest BCUT2D eigenvalue weighted by molar-refractivity contribution is 6.38. The second-order valence-corrected chi connectivity index (χ2v) is 8.52. The Morgan fingerprint density at radius 2 is 1.26 bits per heavy atom. The van der Waals surface area contributed by atoms with Crippen molar-refractivity contribution in [3.63, 3.8) is 0 Å². The fourth-order valence-electron chi connectivity index (χ4n) is 5.81. The van der Waals surface area contributed by atoms with E-state index in [0.29, 0.717) is 5.56 Å². The van der Waals surface area contributed by atoms with Crippen molar-refractivity contribution in [1.82, 2.24) is 4.40 Å². The van der Waals surface area contributed by atoms with Crippen molar-refractivity contribution >= 4 is 59.6 Å². The summed E-state index contributed by atoms with van der Waals surface area (Å²) in [5, 5.41) is 19.9. The van der Waals surface area contributed by atoms with Crippen LogP contribution in [0, 0.1) is 11.3 Å². The summed E-state index contributed by atoms with van der Waals surface area (Å²) in [7, 11) is 0. The van der Waals surface area contributed by atoms with E-state index in [2.05, 4.69) is 77.2 Å². The van der Waals surface area contributed by atoms with Gasteiger partial charge in [0.1, 0.15) is 0 Å². The van der Waals surface area contributed by atoms with Gasteiger partial charge in [0.2, 0.25) is 0 Å². The molecular formula is C29H14N2. The van der Waals surface area contributed by atoms with E-state index in [0.717, 1.165) is 11.1 Å². The van der Waals surface area contributed by atoms with Crippen molar-refractivity contribution in [2.24, 2.45) is 0 Å². The van der Waals surface area contributed by atoms with E-state index < -0.39 is 0 Å². The fraction of sp³-hybridized carbons (Fsp3) is 0. The van der Waals surface area contributed by atoms with Gasteiger partial charge in [0, 0.05) is 32.3 Å². The lowest BCUT2D eigenvalue weighted by Gasteiger charge is -2.05. The first-order valence-corrected chi connectivity index (χ1v) is 10.5. The van der Waals surface area contributed by atoms with Crippen LogP contribution in [0.15, 0.2) is 84.9 Å². The van der Waals surface area contributed by atoms with Crippen molar-refractivity contribution in [3.8, 4) is 17.2 Å². The minimum absolute atomic E-state index is 0.691. The van der Waals surface area contributed by atoms with Crippen LogP contribution in [-0.4, -0.2) is 4.40 Å². The van der Waals surface area contributed by atoms with Crippen LogP contribution in [0.4, 0.5) is 0 Å². The third kappa shape index (κ3) is 1.67. The van der Waals surface area contributed by atoms with Crippen LogP contribution in [0.2, 0.25) is 0 Å². The number of hydrogen-bond acceptors (Lipinski definition) is 1. The first-order valence-electron chi connectivity index (χ1n) is 10.5. The van der Waals surface area contributed by atoms with E-state index >= 15 is 0 Å². The fourth-order valence-corrected chi connectivity index (χ4v) is 5.81. The monoisotopic (exact) mass is 390 g/mol. The molecule has 0 unspecified atom stereocenters. The van der Waals surface area contributed by atoms with E-state index in [4.69, 9.17) is 0 Å². The Morgan fingerprint density at radius 3 is 2.13 bits per heavy atom. The van der Waals surface area contributed by atoms with Crippen LogP contribution < -0.4 is 0 Å². The average molecular weight is 390 g/mol. The number of benzene rings is 5. The molecule has 0 spiro atoms. The first-order chi connectivity index (χ1) is 15.3. The Hall–Kier alpha value is -4.35. The molecule has 2 heteroatoms. The molecule has 5 aromatic carbocycles. The predicted molar refractivity (Wildman–Crippen MR) is 129 cm³/mol. The number of rotatable bonds is 1. The highest BCUT2D eigenvalue weighted by Gasteiger charge is 2.25. The summed E-state index contributed by atoms with van der Waals surface area (Å²) >= 11 is 0. The second kappa shape index (κ2) is 5.03. The normalized spacial score (nSPS) is 12.5. The Labute approximate surface area is 177 Å². The number of nitriles is 1. The summed E-state index contributed by atoms with van der Waals surface area (Å²) in [4.78, 5) is 0. The van der Waals surface area contributed by atoms with Crippen LogP contribution in [0.1, 0.15) is 5.56 Å². The lowest BCUT2D eigenvalue weighted by atomic mass is 9.97. The Morgan fingerprint density at radius 1 is 0.548 bits per heavy atom. The van der Waals surface area contributed by atoms with Gasteiger partial charge < -0.3 is 4.40 Å². The zero-order valence-corrected chi connectivity index (χ0v) is 16.5. The van der Waals surface area contributed by atoms with Crippen LogP contribution in [0.5, 0.6) is 0 Å². The lowest BCUT2D eigenvalue weighted by molar-refractivity contribution is 1.41. The highest BCUT2D eigenvalue weighted by Crippen LogP contribution is 2.49. The minimum atomic E-state index is 0.691. The van der Waals surface area contributed by atoms with E-state index in [1.54, 1.807) is 0 Å². The highest BCUT2D eigenvalue weighted by atomic mass is 14.9. The molecule has 0 aliphatic rings. The van der Waals surface area contributed by atoms with Crippen LogP contribution >= 0.6 is 0 Å². The molecule has 3 heterocycles. The van der Waals surface area contributed by atoms with E-state index in [1.807, 2.05) is 18.2 Å². The van der Waals surface area contributed by atoms with Gasteiger partial charge in [-0.2, -0.15) is 5.26 Å². The number of nitrogens with zero attached hydrogens (tertiary/aromatic N) is 2. The van der Waals surface area contributed by atoms with Gasteiger partial charge in [0.15, 0.2) is 0 Å². The molecule has 2 nitrogen and oxygen atoms in total. The van der Waals surface area contributed by atoms with Crippen molar-refractivity contribution in [1.29, 1.82) is 5.26 Å². The molecule has 0 saturated heterocycles. The SMILES string of the molecule is N#Cc1cccc(-c2cc3c4cccc5c6cc7ccccc7c7c(c2)c3n(c45)c67)c1. The molecule has 8 rings (SSSR count). The number of hydrogen-bond donors (Lipinski definition) is 0. The summed E-state index contributed by atoms with van der Waals surface area (Å²) in [6, 6.07) is 32.6. The maximum atomic E-state index is 9.40. The van der Waals surface area contributed by atoms with Crippen molar-refractivity contribution in [3.05, 3.63) is 90.5 Å². The second-order valence-electron chi connectivity index (χ2n) is 8.52. The van der Waals surface area contributed by atoms with Gasteiger partial charge in [-0.25, -0.2) is 0 Å². The number of fused-ring (bicyclic) bond motifs is 5. The van der Waals surface area contributed by atoms with Crippen molar-refractivity contribution in [2.75, 3.05) is 0 Å². The molecule has 140 valence electrons. The van der Waals surface area contributed by atoms with E-state index in [9.17, 15) is 5.26 Å². The Balaban J connectivity index is 1.69. The molecule has 8 aromatic rings. The largest absolute Gasteiger partial charge is 0.307 e. The molecule has 0 saturated carbocycles. The molecule has 0 atom stereocenters. The maximum absolute atomic E-state index is 9.40. The van der Waals surface area contributed by atoms with Gasteiger partial charge in [0.25, 0.3) is 0 Å². The van der Waals surface area contributed by atoms with E-state index in [-0.39, 0.29) is 0 Å². The zero-order chi connectivity index (χ0) is 20.3. The zero-order valence-electron chi connectivity index (χ0n) is 16.5. The van der Waals surface area contributed by atoms with Gasteiger partial charge >= 0.3 is 0 Å². The molecule has 0 bridgehead atoms. The quantitative estimate of drug-likeness (QED) is 0.284. The molecule has 0 amide bonds. The summed E-state index contributed by atoms with van der Waals surface area (Å²) in [5.41, 5.74) is 6.91. The summed E-state index contributed by atoms with van der Waals surface area (Å²) in [5.74, 6) is 0. The number of para-hydroxylation sites is 1. The molecule has 31 heavy (non-hydrogen) atoms. The van der Waals surface area contributed by atoms with Gasteiger partial charge in [-0.1, -0.05) is 54.6 Å². The van der Waals surface area contributed by atoms with Gasteiger partial charge in [-0.05, 0) is 52.2 Å². The molecule has 0 aliphatic heterocycles.